The molecule has 7 heteroatoms. The molecule has 0 saturated heterocycles. The van der Waals surface area contributed by atoms with Crippen LogP contribution in [0.1, 0.15) is 42.3 Å². The van der Waals surface area contributed by atoms with Crippen molar-refractivity contribution in [1.29, 1.82) is 0 Å². The summed E-state index contributed by atoms with van der Waals surface area (Å²) >= 11 is 0. The summed E-state index contributed by atoms with van der Waals surface area (Å²) < 4.78 is 6.64. The van der Waals surface area contributed by atoms with Crippen molar-refractivity contribution < 1.29 is 9.21 Å². The van der Waals surface area contributed by atoms with Gasteiger partial charge in [-0.1, -0.05) is 50.6 Å². The van der Waals surface area contributed by atoms with Crippen LogP contribution in [-0.2, 0) is 5.41 Å². The van der Waals surface area contributed by atoms with Crippen LogP contribution in [0.3, 0.4) is 0 Å². The molecule has 0 bridgehead atoms. The maximum Gasteiger partial charge on any atom is 0.328 e. The van der Waals surface area contributed by atoms with E-state index in [0.717, 1.165) is 21.2 Å². The fraction of sp³-hybridized carbons (Fsp3) is 0.217. The van der Waals surface area contributed by atoms with Crippen molar-refractivity contribution in [2.75, 3.05) is 5.32 Å². The molecule has 30 heavy (non-hydrogen) atoms. The van der Waals surface area contributed by atoms with Gasteiger partial charge in [0.1, 0.15) is 5.69 Å². The van der Waals surface area contributed by atoms with Crippen molar-refractivity contribution in [3.8, 4) is 11.5 Å². The Balaban J connectivity index is 1.61. The van der Waals surface area contributed by atoms with E-state index in [4.69, 9.17) is 4.42 Å². The third-order valence-corrected chi connectivity index (χ3v) is 4.85. The van der Waals surface area contributed by atoms with Gasteiger partial charge in [0.25, 0.3) is 5.91 Å². The normalized spacial score (nSPS) is 11.6. The van der Waals surface area contributed by atoms with Gasteiger partial charge in [0.05, 0.1) is 6.20 Å². The number of aryl methyl sites for hydroxylation is 1. The molecule has 2 aromatic heterocycles. The minimum absolute atomic E-state index is 0.00903. The predicted octanol–water partition coefficient (Wildman–Crippen LogP) is 4.21. The number of aromatic nitrogens is 3. The van der Waals surface area contributed by atoms with Gasteiger partial charge >= 0.3 is 11.4 Å². The Morgan fingerprint density at radius 1 is 1.03 bits per heavy atom. The molecule has 7 nitrogen and oxygen atoms in total. The number of hydrogen-bond donors (Lipinski definition) is 1. The van der Waals surface area contributed by atoms with E-state index in [1.54, 1.807) is 12.1 Å². The van der Waals surface area contributed by atoms with Crippen molar-refractivity contribution in [3.05, 3.63) is 81.8 Å². The molecule has 0 aliphatic heterocycles. The van der Waals surface area contributed by atoms with Gasteiger partial charge in [0, 0.05) is 11.1 Å². The average molecular weight is 402 g/mol. The number of fused-ring (bicyclic) bond motifs is 1. The van der Waals surface area contributed by atoms with Crippen molar-refractivity contribution in [1.82, 2.24) is 14.6 Å². The van der Waals surface area contributed by atoms with Crippen LogP contribution in [0.4, 0.5) is 5.69 Å². The van der Waals surface area contributed by atoms with Gasteiger partial charge in [-0.15, -0.1) is 9.61 Å². The summed E-state index contributed by atoms with van der Waals surface area (Å²) in [7, 11) is 0. The summed E-state index contributed by atoms with van der Waals surface area (Å²) in [6.07, 6.45) is 1.28. The molecule has 0 aliphatic rings. The third kappa shape index (κ3) is 3.74. The molecule has 2 aromatic carbocycles. The Morgan fingerprint density at radius 3 is 2.33 bits per heavy atom. The van der Waals surface area contributed by atoms with Crippen molar-refractivity contribution in [3.63, 3.8) is 0 Å². The number of nitrogens with one attached hydrogen (secondary N) is 1. The minimum atomic E-state index is -0.512. The number of nitrogens with zero attached hydrogens (tertiary/aromatic N) is 3. The highest BCUT2D eigenvalue weighted by Gasteiger charge is 2.17. The van der Waals surface area contributed by atoms with Crippen LogP contribution in [0.2, 0.25) is 0 Å². The first-order valence-electron chi connectivity index (χ1n) is 9.60. The molecule has 1 amide bonds. The molecular formula is C23H22N4O3. The molecular weight excluding hydrogens is 380 g/mol. The first-order chi connectivity index (χ1) is 14.2. The van der Waals surface area contributed by atoms with Crippen LogP contribution in [0, 0.1) is 6.92 Å². The maximum absolute atomic E-state index is 12.8. The van der Waals surface area contributed by atoms with E-state index in [1.165, 1.54) is 6.20 Å². The van der Waals surface area contributed by atoms with E-state index in [-0.39, 0.29) is 22.8 Å². The van der Waals surface area contributed by atoms with Crippen LogP contribution in [0.15, 0.2) is 63.9 Å². The summed E-state index contributed by atoms with van der Waals surface area (Å²) in [5.41, 5.74) is 2.91. The monoisotopic (exact) mass is 402 g/mol. The Labute approximate surface area is 173 Å². The quantitative estimate of drug-likeness (QED) is 0.554. The maximum atomic E-state index is 12.8. The number of amides is 1. The molecule has 4 rings (SSSR count). The molecule has 4 aromatic rings. The topological polar surface area (TPSA) is 89.5 Å². The number of anilines is 1. The highest BCUT2D eigenvalue weighted by molar-refractivity contribution is 6.04. The number of hydrogen-bond acceptors (Lipinski definition) is 5. The lowest BCUT2D eigenvalue weighted by Crippen LogP contribution is -2.23. The smallest absolute Gasteiger partial charge is 0.328 e. The fourth-order valence-corrected chi connectivity index (χ4v) is 3.00. The van der Waals surface area contributed by atoms with Gasteiger partial charge < -0.3 is 9.73 Å². The summed E-state index contributed by atoms with van der Waals surface area (Å²) in [6.45, 7) is 8.29. The van der Waals surface area contributed by atoms with E-state index in [9.17, 15) is 9.59 Å². The zero-order valence-corrected chi connectivity index (χ0v) is 17.3. The molecule has 0 aliphatic carbocycles. The van der Waals surface area contributed by atoms with Crippen LogP contribution < -0.4 is 10.9 Å². The van der Waals surface area contributed by atoms with E-state index in [2.05, 4.69) is 36.2 Å². The molecule has 0 saturated carbocycles. The van der Waals surface area contributed by atoms with Gasteiger partial charge in [0.15, 0.2) is 0 Å². The van der Waals surface area contributed by atoms with E-state index in [0.29, 0.717) is 5.56 Å². The van der Waals surface area contributed by atoms with Gasteiger partial charge in [-0.25, -0.2) is 4.98 Å². The molecule has 152 valence electrons. The number of carbonyl (C=O) groups excluding carboxylic acids is 1. The molecule has 0 atom stereocenters. The van der Waals surface area contributed by atoms with Gasteiger partial charge in [0.2, 0.25) is 5.89 Å². The highest BCUT2D eigenvalue weighted by Crippen LogP contribution is 2.22. The van der Waals surface area contributed by atoms with Crippen molar-refractivity contribution in [2.24, 2.45) is 0 Å². The van der Waals surface area contributed by atoms with Crippen molar-refractivity contribution >= 4 is 17.4 Å². The molecule has 0 radical (unpaired) electrons. The average Bonchev–Trinajstić information content (AvgIpc) is 3.15. The van der Waals surface area contributed by atoms with Crippen LogP contribution >= 0.6 is 0 Å². The van der Waals surface area contributed by atoms with Gasteiger partial charge in [-0.05, 0) is 42.2 Å². The van der Waals surface area contributed by atoms with E-state index >= 15 is 0 Å². The molecule has 0 fully saturated rings. The van der Waals surface area contributed by atoms with Crippen LogP contribution in [0.5, 0.6) is 0 Å². The number of rotatable bonds is 3. The summed E-state index contributed by atoms with van der Waals surface area (Å²) in [4.78, 5) is 29.5. The lowest BCUT2D eigenvalue weighted by Gasteiger charge is -2.19. The molecule has 1 N–H and O–H groups in total. The second-order valence-electron chi connectivity index (χ2n) is 8.23. The Morgan fingerprint density at radius 2 is 1.70 bits per heavy atom. The minimum Gasteiger partial charge on any atom is -0.403 e. The second kappa shape index (κ2) is 7.26. The van der Waals surface area contributed by atoms with Crippen molar-refractivity contribution in [2.45, 2.75) is 33.1 Å². The molecule has 0 spiro atoms. The molecule has 2 heterocycles. The Kier molecular flexibility index (Phi) is 4.73. The van der Waals surface area contributed by atoms with Crippen LogP contribution in [0.25, 0.3) is 17.3 Å². The molecule has 0 unspecified atom stereocenters. The predicted molar refractivity (Wildman–Crippen MR) is 115 cm³/mol. The van der Waals surface area contributed by atoms with Crippen LogP contribution in [-0.4, -0.2) is 20.5 Å². The summed E-state index contributed by atoms with van der Waals surface area (Å²) in [5.74, 6) is -0.0551. The lowest BCUT2D eigenvalue weighted by molar-refractivity contribution is 0.102. The number of carbonyl (C=O) groups is 1. The van der Waals surface area contributed by atoms with Gasteiger partial charge in [-0.2, -0.15) is 0 Å². The summed E-state index contributed by atoms with van der Waals surface area (Å²) in [5, 5.41) is 6.83. The van der Waals surface area contributed by atoms with E-state index < -0.39 is 11.5 Å². The van der Waals surface area contributed by atoms with E-state index in [1.807, 2.05) is 43.3 Å². The summed E-state index contributed by atoms with van der Waals surface area (Å²) in [6, 6.07) is 14.9. The lowest BCUT2D eigenvalue weighted by atomic mass is 9.87. The standard InChI is InChI=1S/C23H22N4O3/c1-14-5-7-16(8-6-14)20-26-27-21(29)18(13-24-22(27)30-20)25-19(28)15-9-11-17(12-10-15)23(2,3)4/h5-13H,1-4H3,(H,25,28). The Bertz CT molecular complexity index is 1280. The SMILES string of the molecule is Cc1ccc(-c2nn3c(=O)c(NC(=O)c4ccc(C(C)(C)C)cc4)cnc3o2)cc1. The Hall–Kier alpha value is -3.74. The number of benzene rings is 2. The first-order valence-corrected chi connectivity index (χ1v) is 9.60. The third-order valence-electron chi connectivity index (χ3n) is 4.85. The highest BCUT2D eigenvalue weighted by atomic mass is 16.4. The van der Waals surface area contributed by atoms with Gasteiger partial charge in [-0.3, -0.25) is 9.59 Å². The second-order valence-corrected chi connectivity index (χ2v) is 8.23. The fourth-order valence-electron chi connectivity index (χ4n) is 3.00. The zero-order chi connectivity index (χ0) is 21.5. The largest absolute Gasteiger partial charge is 0.403 e. The zero-order valence-electron chi connectivity index (χ0n) is 17.3. The first kappa shape index (κ1) is 19.6.